The molecule has 1 saturated heterocycles. The number of ether oxygens (including phenoxy) is 1. The Kier molecular flexibility index (Phi) is 6.06. The first-order valence-electron chi connectivity index (χ1n) is 8.52. The van der Waals surface area contributed by atoms with Crippen molar-refractivity contribution in [2.75, 3.05) is 29.9 Å². The third-order valence-corrected chi connectivity index (χ3v) is 4.92. The van der Waals surface area contributed by atoms with Gasteiger partial charge in [0.1, 0.15) is 0 Å². The first-order valence-corrected chi connectivity index (χ1v) is 9.46. The van der Waals surface area contributed by atoms with E-state index in [2.05, 4.69) is 10.2 Å². The molecule has 6 heteroatoms. The Morgan fingerprint density at radius 2 is 1.88 bits per heavy atom. The van der Waals surface area contributed by atoms with Gasteiger partial charge in [-0.05, 0) is 65.9 Å². The minimum atomic E-state index is -0.356. The van der Waals surface area contributed by atoms with Crippen molar-refractivity contribution in [1.82, 2.24) is 0 Å². The topological polar surface area (TPSA) is 58.6 Å². The van der Waals surface area contributed by atoms with E-state index in [4.69, 9.17) is 4.74 Å². The second-order valence-electron chi connectivity index (χ2n) is 6.08. The van der Waals surface area contributed by atoms with Crippen molar-refractivity contribution < 1.29 is 14.3 Å². The highest BCUT2D eigenvalue weighted by molar-refractivity contribution is 7.07. The number of amides is 1. The molecule has 1 amide bonds. The number of thiophene rings is 1. The molecule has 1 aromatic heterocycles. The fourth-order valence-corrected chi connectivity index (χ4v) is 3.53. The van der Waals surface area contributed by atoms with Gasteiger partial charge in [-0.1, -0.05) is 0 Å². The average Bonchev–Trinajstić information content (AvgIpc) is 3.32. The van der Waals surface area contributed by atoms with Crippen LogP contribution in [0.15, 0.2) is 41.1 Å². The lowest BCUT2D eigenvalue weighted by molar-refractivity contribution is -0.147. The first-order chi connectivity index (χ1) is 12.2. The molecule has 1 fully saturated rings. The number of esters is 1. The van der Waals surface area contributed by atoms with Gasteiger partial charge in [-0.15, -0.1) is 0 Å². The number of benzene rings is 1. The summed E-state index contributed by atoms with van der Waals surface area (Å²) in [6, 6.07) is 9.76. The first kappa shape index (κ1) is 17.5. The predicted octanol–water partition coefficient (Wildman–Crippen LogP) is 3.46. The summed E-state index contributed by atoms with van der Waals surface area (Å²) in [5.74, 6) is -0.677. The molecule has 25 heavy (non-hydrogen) atoms. The number of nitrogens with zero attached hydrogens (tertiary/aromatic N) is 1. The van der Waals surface area contributed by atoms with Crippen molar-refractivity contribution in [1.29, 1.82) is 0 Å². The maximum Gasteiger partial charge on any atom is 0.306 e. The van der Waals surface area contributed by atoms with Crippen molar-refractivity contribution in [3.63, 3.8) is 0 Å². The third kappa shape index (κ3) is 5.32. The summed E-state index contributed by atoms with van der Waals surface area (Å²) >= 11 is 1.60. The summed E-state index contributed by atoms with van der Waals surface area (Å²) in [6.45, 7) is 1.93. The van der Waals surface area contributed by atoms with E-state index < -0.39 is 0 Å². The van der Waals surface area contributed by atoms with Gasteiger partial charge in [-0.25, -0.2) is 0 Å². The lowest BCUT2D eigenvalue weighted by Crippen LogP contribution is -2.21. The summed E-state index contributed by atoms with van der Waals surface area (Å²) in [5.41, 5.74) is 3.00. The molecule has 3 rings (SSSR count). The van der Waals surface area contributed by atoms with Crippen LogP contribution in [0.5, 0.6) is 0 Å². The predicted molar refractivity (Wildman–Crippen MR) is 100 cm³/mol. The van der Waals surface area contributed by atoms with E-state index in [0.29, 0.717) is 12.1 Å². The molecule has 1 aliphatic rings. The summed E-state index contributed by atoms with van der Waals surface area (Å²) in [4.78, 5) is 25.9. The molecular weight excluding hydrogens is 336 g/mol. The molecule has 2 aromatic rings. The van der Waals surface area contributed by atoms with Gasteiger partial charge >= 0.3 is 5.97 Å². The largest absolute Gasteiger partial charge is 0.456 e. The van der Waals surface area contributed by atoms with Gasteiger partial charge in [0.15, 0.2) is 6.61 Å². The van der Waals surface area contributed by atoms with E-state index in [1.807, 2.05) is 41.1 Å². The van der Waals surface area contributed by atoms with Gasteiger partial charge in [0.2, 0.25) is 0 Å². The van der Waals surface area contributed by atoms with Gasteiger partial charge in [-0.2, -0.15) is 11.3 Å². The van der Waals surface area contributed by atoms with E-state index in [9.17, 15) is 9.59 Å². The number of hydrogen-bond acceptors (Lipinski definition) is 5. The summed E-state index contributed by atoms with van der Waals surface area (Å²) in [5, 5.41) is 6.73. The molecule has 2 heterocycles. The lowest BCUT2D eigenvalue weighted by Gasteiger charge is -2.17. The number of nitrogens with one attached hydrogen (secondary N) is 1. The van der Waals surface area contributed by atoms with Crippen molar-refractivity contribution in [3.05, 3.63) is 46.7 Å². The van der Waals surface area contributed by atoms with Gasteiger partial charge < -0.3 is 15.0 Å². The molecule has 1 aliphatic heterocycles. The van der Waals surface area contributed by atoms with Crippen molar-refractivity contribution in [2.45, 2.75) is 25.7 Å². The summed E-state index contributed by atoms with van der Waals surface area (Å²) in [6.07, 6.45) is 3.39. The molecule has 0 atom stereocenters. The van der Waals surface area contributed by atoms with Crippen LogP contribution < -0.4 is 10.2 Å². The zero-order valence-electron chi connectivity index (χ0n) is 14.1. The molecule has 0 saturated carbocycles. The molecule has 0 bridgehead atoms. The lowest BCUT2D eigenvalue weighted by atomic mass is 10.2. The maximum absolute atomic E-state index is 11.9. The van der Waals surface area contributed by atoms with Crippen molar-refractivity contribution in [3.8, 4) is 0 Å². The van der Waals surface area contributed by atoms with E-state index >= 15 is 0 Å². The second-order valence-corrected chi connectivity index (χ2v) is 6.86. The molecule has 0 spiro atoms. The average molecular weight is 358 g/mol. The van der Waals surface area contributed by atoms with Gasteiger partial charge in [0.25, 0.3) is 5.91 Å². The van der Waals surface area contributed by atoms with Crippen LogP contribution in [0.25, 0.3) is 0 Å². The fraction of sp³-hybridized carbons (Fsp3) is 0.368. The van der Waals surface area contributed by atoms with Gasteiger partial charge in [0, 0.05) is 30.9 Å². The van der Waals surface area contributed by atoms with Crippen molar-refractivity contribution >= 4 is 34.6 Å². The molecule has 5 nitrogen and oxygen atoms in total. The highest BCUT2D eigenvalue weighted by Crippen LogP contribution is 2.22. The minimum Gasteiger partial charge on any atom is -0.456 e. The minimum absolute atomic E-state index is 0.254. The van der Waals surface area contributed by atoms with Crippen LogP contribution in [0.2, 0.25) is 0 Å². The molecule has 0 unspecified atom stereocenters. The fourth-order valence-electron chi connectivity index (χ4n) is 2.83. The van der Waals surface area contributed by atoms with Crippen LogP contribution in [-0.2, 0) is 20.7 Å². The Balaban J connectivity index is 1.39. The number of aryl methyl sites for hydroxylation is 1. The zero-order chi connectivity index (χ0) is 17.5. The Morgan fingerprint density at radius 3 is 2.56 bits per heavy atom. The number of hydrogen-bond donors (Lipinski definition) is 1. The Hall–Kier alpha value is -2.34. The molecule has 0 aliphatic carbocycles. The van der Waals surface area contributed by atoms with Gasteiger partial charge in [-0.3, -0.25) is 9.59 Å². The summed E-state index contributed by atoms with van der Waals surface area (Å²) in [7, 11) is 0. The Morgan fingerprint density at radius 1 is 1.12 bits per heavy atom. The number of anilines is 2. The van der Waals surface area contributed by atoms with E-state index in [-0.39, 0.29) is 24.9 Å². The molecule has 0 radical (unpaired) electrons. The van der Waals surface area contributed by atoms with E-state index in [1.54, 1.807) is 11.3 Å². The maximum atomic E-state index is 11.9. The molecule has 132 valence electrons. The summed E-state index contributed by atoms with van der Waals surface area (Å²) < 4.78 is 5.02. The van der Waals surface area contributed by atoms with Crippen LogP contribution in [0, 0.1) is 0 Å². The van der Waals surface area contributed by atoms with Crippen LogP contribution in [0.4, 0.5) is 11.4 Å². The molecular formula is C19H22N2O3S. The number of carbonyl (C=O) groups is 2. The van der Waals surface area contributed by atoms with E-state index in [0.717, 1.165) is 18.7 Å². The quantitative estimate of drug-likeness (QED) is 0.770. The molecule has 1 N–H and O–H groups in total. The highest BCUT2D eigenvalue weighted by atomic mass is 32.1. The van der Waals surface area contributed by atoms with Crippen LogP contribution in [0.3, 0.4) is 0 Å². The van der Waals surface area contributed by atoms with E-state index in [1.165, 1.54) is 18.5 Å². The monoisotopic (exact) mass is 358 g/mol. The van der Waals surface area contributed by atoms with Crippen LogP contribution in [-0.4, -0.2) is 31.6 Å². The standard InChI is InChI=1S/C19H22N2O3S/c22-18(13-24-19(23)8-3-15-9-12-25-14-15)20-16-4-6-17(7-5-16)21-10-1-2-11-21/h4-7,9,12,14H,1-3,8,10-11,13H2,(H,20,22). The highest BCUT2D eigenvalue weighted by Gasteiger charge is 2.12. The number of carbonyl (C=O) groups excluding carboxylic acids is 2. The number of rotatable bonds is 7. The Bertz CT molecular complexity index is 692. The van der Waals surface area contributed by atoms with Gasteiger partial charge in [0.05, 0.1) is 0 Å². The third-order valence-electron chi connectivity index (χ3n) is 4.18. The zero-order valence-corrected chi connectivity index (χ0v) is 14.9. The van der Waals surface area contributed by atoms with Crippen molar-refractivity contribution in [2.24, 2.45) is 0 Å². The second kappa shape index (κ2) is 8.67. The molecule has 1 aromatic carbocycles. The van der Waals surface area contributed by atoms with Crippen LogP contribution in [0.1, 0.15) is 24.8 Å². The SMILES string of the molecule is O=C(COC(=O)CCc1ccsc1)Nc1ccc(N2CCCC2)cc1. The Labute approximate surface area is 151 Å². The van der Waals surface area contributed by atoms with Crippen LogP contribution >= 0.6 is 11.3 Å². The smallest absolute Gasteiger partial charge is 0.306 e. The normalized spacial score (nSPS) is 13.7.